The molecule has 0 fully saturated rings. The van der Waals surface area contributed by atoms with E-state index in [1.807, 2.05) is 13.8 Å². The molecule has 0 aromatic heterocycles. The summed E-state index contributed by atoms with van der Waals surface area (Å²) in [5.41, 5.74) is -3.01. The molecule has 0 aromatic carbocycles. The minimum atomic E-state index is -2.25. The first kappa shape index (κ1) is 67.0. The first-order valence-corrected chi connectivity index (χ1v) is 24.9. The molecule has 0 radical (unpaired) electrons. The lowest BCUT2D eigenvalue weighted by atomic mass is 9.76. The van der Waals surface area contributed by atoms with Crippen molar-refractivity contribution in [1.29, 1.82) is 0 Å². The highest BCUT2D eigenvalue weighted by Crippen LogP contribution is 2.46. The maximum Gasteiger partial charge on any atom is 0.264 e. The second-order valence-electron chi connectivity index (χ2n) is 16.4. The van der Waals surface area contributed by atoms with Crippen molar-refractivity contribution in [3.8, 4) is 0 Å². The van der Waals surface area contributed by atoms with Gasteiger partial charge in [-0.2, -0.15) is 0 Å². The van der Waals surface area contributed by atoms with Gasteiger partial charge in [-0.3, -0.25) is 4.79 Å². The lowest BCUT2D eigenvalue weighted by Gasteiger charge is -2.53. The molecule has 0 rings (SSSR count). The number of unbranched alkanes of at least 4 members (excludes halogenated alkanes) is 6. The predicted octanol–water partition coefficient (Wildman–Crippen LogP) is 5.48. The minimum Gasteiger partial charge on any atom is -0.382 e. The van der Waals surface area contributed by atoms with Gasteiger partial charge in [0.1, 0.15) is 11.2 Å². The number of hydrogen-bond acceptors (Lipinski definition) is 19. The van der Waals surface area contributed by atoms with E-state index < -0.39 is 28.6 Å². The van der Waals surface area contributed by atoms with Crippen LogP contribution in [-0.2, 0) is 90.1 Å². The van der Waals surface area contributed by atoms with Crippen LogP contribution >= 0.6 is 0 Å². The third-order valence-electron chi connectivity index (χ3n) is 11.0. The molecular formula is C49H98O19. The van der Waals surface area contributed by atoms with Crippen LogP contribution in [0.3, 0.4) is 0 Å². The van der Waals surface area contributed by atoms with Crippen molar-refractivity contribution in [1.82, 2.24) is 0 Å². The summed E-state index contributed by atoms with van der Waals surface area (Å²) in [5.74, 6) is -5.21. The average molecular weight is 991 g/mol. The minimum absolute atomic E-state index is 0.0867. The first-order chi connectivity index (χ1) is 33.1. The molecule has 0 saturated heterocycles. The van der Waals surface area contributed by atoms with Gasteiger partial charge in [0.15, 0.2) is 0 Å². The maximum absolute atomic E-state index is 17.0. The molecule has 0 N–H and O–H groups in total. The normalized spacial score (nSPS) is 14.1. The molecule has 408 valence electrons. The molecule has 0 aliphatic heterocycles. The molecule has 0 bridgehead atoms. The topological polar surface area (TPSA) is 183 Å². The third-order valence-corrected chi connectivity index (χ3v) is 11.0. The van der Waals surface area contributed by atoms with Gasteiger partial charge in [0, 0.05) is 42.7 Å². The predicted molar refractivity (Wildman–Crippen MR) is 257 cm³/mol. The van der Waals surface area contributed by atoms with E-state index in [9.17, 15) is 0 Å². The van der Waals surface area contributed by atoms with E-state index in [-0.39, 0.29) is 79.3 Å². The molecule has 0 aromatic rings. The molecule has 0 saturated carbocycles. The summed E-state index contributed by atoms with van der Waals surface area (Å²) in [5, 5.41) is 0. The molecule has 19 nitrogen and oxygen atoms in total. The summed E-state index contributed by atoms with van der Waals surface area (Å²) >= 11 is 0. The fraction of sp³-hybridized carbons (Fsp3) is 0.980. The zero-order valence-corrected chi connectivity index (χ0v) is 44.3. The van der Waals surface area contributed by atoms with Crippen LogP contribution in [0.25, 0.3) is 0 Å². The van der Waals surface area contributed by atoms with Crippen LogP contribution in [0, 0.1) is 0 Å². The van der Waals surface area contributed by atoms with Gasteiger partial charge in [-0.05, 0) is 26.7 Å². The fourth-order valence-corrected chi connectivity index (χ4v) is 7.19. The Kier molecular flexibility index (Phi) is 45.1. The Morgan fingerprint density at radius 3 is 0.735 bits per heavy atom. The number of methoxy groups -OCH3 is 6. The lowest BCUT2D eigenvalue weighted by Crippen LogP contribution is -2.74. The van der Waals surface area contributed by atoms with E-state index in [0.29, 0.717) is 105 Å². The van der Waals surface area contributed by atoms with E-state index in [2.05, 4.69) is 13.8 Å². The second kappa shape index (κ2) is 45.8. The van der Waals surface area contributed by atoms with Crippen LogP contribution < -0.4 is 0 Å². The summed E-state index contributed by atoms with van der Waals surface area (Å²) in [6.07, 6.45) is 7.67. The molecule has 2 unspecified atom stereocenters. The zero-order valence-electron chi connectivity index (χ0n) is 44.3. The maximum atomic E-state index is 17.0. The van der Waals surface area contributed by atoms with Crippen LogP contribution in [0.15, 0.2) is 0 Å². The standard InChI is InChI=1S/C49H98O19/c1-11-13-15-17-19-46(3,63-39-33-57-27-21-51-5)48(65-41-35-59-29-23-53-7,66-42-36-60-30-24-54-8)45(50)49(67-43-37-61-31-25-55-9,68-44-38-62-32-26-56-10)47(4,20-18-16-14-12-2)64-40-34-58-28-22-52-6/h11-44H2,1-10H3. The van der Waals surface area contributed by atoms with Gasteiger partial charge in [0.2, 0.25) is 0 Å². The Labute approximate surface area is 410 Å². The van der Waals surface area contributed by atoms with E-state index in [1.165, 1.54) is 0 Å². The van der Waals surface area contributed by atoms with Crippen molar-refractivity contribution in [3.63, 3.8) is 0 Å². The Bertz CT molecular complexity index is 981. The summed E-state index contributed by atoms with van der Waals surface area (Å²) in [4.78, 5) is 17.0. The van der Waals surface area contributed by atoms with E-state index >= 15 is 4.79 Å². The van der Waals surface area contributed by atoms with Gasteiger partial charge in [-0.15, -0.1) is 0 Å². The monoisotopic (exact) mass is 991 g/mol. The van der Waals surface area contributed by atoms with Crippen molar-refractivity contribution in [3.05, 3.63) is 0 Å². The Morgan fingerprint density at radius 1 is 0.294 bits per heavy atom. The van der Waals surface area contributed by atoms with Crippen molar-refractivity contribution in [2.24, 2.45) is 0 Å². The van der Waals surface area contributed by atoms with Gasteiger partial charge in [-0.1, -0.05) is 65.2 Å². The SMILES string of the molecule is CCCCCCC(C)(OCCOCCOC)C(OCCOCCOC)(OCCOCCOC)C(=O)C(OCCOCCOC)(OCCOCCOC)C(C)(CCCCCC)OCCOCCOC. The van der Waals surface area contributed by atoms with Crippen LogP contribution in [0.5, 0.6) is 0 Å². The molecular weight excluding hydrogens is 893 g/mol. The highest BCUT2D eigenvalue weighted by molar-refractivity contribution is 5.95. The average Bonchev–Trinajstić information content (AvgIpc) is 3.34. The molecule has 0 aliphatic rings. The summed E-state index contributed by atoms with van der Waals surface area (Å²) in [7, 11) is 9.64. The summed E-state index contributed by atoms with van der Waals surface area (Å²) in [6, 6.07) is 0. The molecule has 0 aliphatic carbocycles. The van der Waals surface area contributed by atoms with Crippen LogP contribution in [0.4, 0.5) is 0 Å². The Hall–Kier alpha value is -1.05. The summed E-state index contributed by atoms with van der Waals surface area (Å²) < 4.78 is 109. The summed E-state index contributed by atoms with van der Waals surface area (Å²) in [6.45, 7) is 12.8. The number of Topliss-reactive ketones (excluding diaryl/α,β-unsaturated/α-hetero) is 1. The van der Waals surface area contributed by atoms with E-state index in [4.69, 9.17) is 85.3 Å². The quantitative estimate of drug-likeness (QED) is 0.0551. The van der Waals surface area contributed by atoms with Crippen LogP contribution in [0.1, 0.15) is 91.9 Å². The molecule has 0 spiro atoms. The first-order valence-electron chi connectivity index (χ1n) is 24.9. The van der Waals surface area contributed by atoms with Gasteiger partial charge in [0.05, 0.1) is 159 Å². The number of carbonyl (C=O) groups is 1. The fourth-order valence-electron chi connectivity index (χ4n) is 7.19. The Balaban J connectivity index is 8.36. The smallest absolute Gasteiger partial charge is 0.264 e. The molecule has 2 atom stereocenters. The van der Waals surface area contributed by atoms with Gasteiger partial charge in [0.25, 0.3) is 17.4 Å². The van der Waals surface area contributed by atoms with E-state index in [0.717, 1.165) is 38.5 Å². The number of ether oxygens (including phenoxy) is 18. The number of carbonyl (C=O) groups excluding carboxylic acids is 1. The van der Waals surface area contributed by atoms with Crippen molar-refractivity contribution >= 4 is 5.78 Å². The highest BCUT2D eigenvalue weighted by Gasteiger charge is 2.69. The van der Waals surface area contributed by atoms with Crippen molar-refractivity contribution in [2.75, 3.05) is 201 Å². The van der Waals surface area contributed by atoms with E-state index in [1.54, 1.807) is 42.7 Å². The third kappa shape index (κ3) is 28.3. The van der Waals surface area contributed by atoms with Crippen molar-refractivity contribution in [2.45, 2.75) is 115 Å². The largest absolute Gasteiger partial charge is 0.382 e. The van der Waals surface area contributed by atoms with Gasteiger partial charge >= 0.3 is 0 Å². The molecule has 0 amide bonds. The lowest BCUT2D eigenvalue weighted by molar-refractivity contribution is -0.359. The second-order valence-corrected chi connectivity index (χ2v) is 16.4. The number of rotatable bonds is 56. The van der Waals surface area contributed by atoms with Gasteiger partial charge in [-0.25, -0.2) is 0 Å². The molecule has 68 heavy (non-hydrogen) atoms. The number of ketones is 1. The Morgan fingerprint density at radius 2 is 0.515 bits per heavy atom. The highest BCUT2D eigenvalue weighted by atomic mass is 16.8. The van der Waals surface area contributed by atoms with Gasteiger partial charge < -0.3 is 85.3 Å². The van der Waals surface area contributed by atoms with Crippen LogP contribution in [-0.4, -0.2) is 230 Å². The van der Waals surface area contributed by atoms with Crippen LogP contribution in [0.2, 0.25) is 0 Å². The molecule has 19 heteroatoms. The van der Waals surface area contributed by atoms with Crippen molar-refractivity contribution < 1.29 is 90.1 Å². The molecule has 0 heterocycles. The zero-order chi connectivity index (χ0) is 50.3. The number of hydrogen-bond donors (Lipinski definition) is 0.